The lowest BCUT2D eigenvalue weighted by Crippen LogP contribution is -2.46. The topological polar surface area (TPSA) is 62.2 Å². The van der Waals surface area contributed by atoms with Crippen LogP contribution in [0.25, 0.3) is 0 Å². The van der Waals surface area contributed by atoms with Gasteiger partial charge in [0.25, 0.3) is 0 Å². The Hall–Kier alpha value is -2.28. The van der Waals surface area contributed by atoms with Gasteiger partial charge in [-0.1, -0.05) is 49.4 Å². The number of fused-ring (bicyclic) bond motifs is 3. The number of rotatable bonds is 3. The zero-order valence-electron chi connectivity index (χ0n) is 24.2. The number of hydrogen-bond donors (Lipinski definition) is 1. The fourth-order valence-corrected chi connectivity index (χ4v) is 7.01. The predicted octanol–water partition coefficient (Wildman–Crippen LogP) is 6.24. The van der Waals surface area contributed by atoms with E-state index in [0.717, 1.165) is 68.1 Å². The molecule has 0 aromatic heterocycles. The third-order valence-corrected chi connectivity index (χ3v) is 9.40. The van der Waals surface area contributed by atoms with E-state index in [1.165, 1.54) is 30.4 Å². The molecule has 1 spiro atoms. The number of benzene rings is 2. The van der Waals surface area contributed by atoms with E-state index in [1.807, 2.05) is 32.2 Å². The molecule has 218 valence electrons. The molecule has 0 fully saturated rings. The average Bonchev–Trinajstić information content (AvgIpc) is 3.09. The van der Waals surface area contributed by atoms with E-state index in [2.05, 4.69) is 23.1 Å². The minimum absolute atomic E-state index is 0.0127. The summed E-state index contributed by atoms with van der Waals surface area (Å²) in [5.41, 5.74) is 2.84. The lowest BCUT2D eigenvalue weighted by molar-refractivity contribution is -0.139. The monoisotopic (exact) mass is 568 g/mol. The lowest BCUT2D eigenvalue weighted by Gasteiger charge is -2.41. The second-order valence-corrected chi connectivity index (χ2v) is 12.5. The fourth-order valence-electron chi connectivity index (χ4n) is 6.82. The average molecular weight is 569 g/mol. The molecule has 1 aliphatic carbocycles. The maximum absolute atomic E-state index is 13.2. The maximum Gasteiger partial charge on any atom is 0.225 e. The number of halogens is 1. The summed E-state index contributed by atoms with van der Waals surface area (Å²) in [7, 11) is 1.84. The molecule has 5 rings (SSSR count). The van der Waals surface area contributed by atoms with Crippen molar-refractivity contribution in [1.29, 1.82) is 0 Å². The second-order valence-electron chi connectivity index (χ2n) is 12.1. The molecule has 2 aliphatic heterocycles. The highest BCUT2D eigenvalue weighted by molar-refractivity contribution is 6.30. The highest BCUT2D eigenvalue weighted by atomic mass is 35.5. The molecule has 3 aliphatic rings. The van der Waals surface area contributed by atoms with Gasteiger partial charge in [-0.05, 0) is 80.0 Å². The molecule has 6 nitrogen and oxygen atoms in total. The van der Waals surface area contributed by atoms with Gasteiger partial charge in [0.15, 0.2) is 0 Å². The molecule has 0 saturated carbocycles. The molecule has 40 heavy (non-hydrogen) atoms. The largest absolute Gasteiger partial charge is 0.490 e. The van der Waals surface area contributed by atoms with Crippen LogP contribution in [0.1, 0.15) is 81.4 Å². The van der Waals surface area contributed by atoms with Crippen molar-refractivity contribution in [3.63, 3.8) is 0 Å². The van der Waals surface area contributed by atoms with Crippen molar-refractivity contribution >= 4 is 23.2 Å². The van der Waals surface area contributed by atoms with Crippen molar-refractivity contribution in [2.75, 3.05) is 51.4 Å². The number of anilines is 1. The highest BCUT2D eigenvalue weighted by Gasteiger charge is 2.42. The molecule has 2 atom stereocenters. The molecule has 1 N–H and O–H groups in total. The minimum atomic E-state index is -1.42. The zero-order valence-corrected chi connectivity index (χ0v) is 25.0. The number of ether oxygens (including phenoxy) is 2. The van der Waals surface area contributed by atoms with Crippen LogP contribution in [-0.2, 0) is 27.0 Å². The number of carbonyl (C=O) groups excluding carboxylic acids is 1. The van der Waals surface area contributed by atoms with Crippen LogP contribution in [-0.4, -0.2) is 62.4 Å². The van der Waals surface area contributed by atoms with Gasteiger partial charge in [-0.25, -0.2) is 0 Å². The Balaban J connectivity index is 1.54. The quantitative estimate of drug-likeness (QED) is 0.475. The van der Waals surface area contributed by atoms with Crippen molar-refractivity contribution < 1.29 is 19.4 Å². The Morgan fingerprint density at radius 2 is 1.80 bits per heavy atom. The number of aliphatic hydroxyl groups is 1. The van der Waals surface area contributed by atoms with E-state index in [-0.39, 0.29) is 24.3 Å². The summed E-state index contributed by atoms with van der Waals surface area (Å²) in [6.07, 6.45) is 9.97. The number of aryl methyl sites for hydroxylation is 1. The van der Waals surface area contributed by atoms with Crippen molar-refractivity contribution in [3.05, 3.63) is 58.1 Å². The Morgan fingerprint density at radius 3 is 2.60 bits per heavy atom. The molecule has 1 amide bonds. The van der Waals surface area contributed by atoms with E-state index >= 15 is 0 Å². The van der Waals surface area contributed by atoms with E-state index in [0.29, 0.717) is 25.3 Å². The van der Waals surface area contributed by atoms with Crippen LogP contribution in [0.3, 0.4) is 0 Å². The summed E-state index contributed by atoms with van der Waals surface area (Å²) in [6, 6.07) is 12.3. The van der Waals surface area contributed by atoms with Gasteiger partial charge in [-0.3, -0.25) is 4.79 Å². The summed E-state index contributed by atoms with van der Waals surface area (Å²) in [4.78, 5) is 17.5. The summed E-state index contributed by atoms with van der Waals surface area (Å²) in [5.74, 6) is 0.777. The fraction of sp³-hybridized carbons (Fsp3) is 0.606. The van der Waals surface area contributed by atoms with Crippen molar-refractivity contribution in [1.82, 2.24) is 4.90 Å². The van der Waals surface area contributed by atoms with Crippen molar-refractivity contribution in [3.8, 4) is 5.75 Å². The second kappa shape index (κ2) is 12.7. The molecule has 0 saturated heterocycles. The third-order valence-electron chi connectivity index (χ3n) is 9.16. The van der Waals surface area contributed by atoms with E-state index in [4.69, 9.17) is 21.1 Å². The summed E-state index contributed by atoms with van der Waals surface area (Å²) in [5, 5.41) is 12.7. The zero-order chi connectivity index (χ0) is 28.2. The van der Waals surface area contributed by atoms with Gasteiger partial charge >= 0.3 is 0 Å². The standard InChI is InChI=1S/C33H45ClN2O4/c1-3-39-24-33(38)21-31(37)35(2)17-8-6-4-5-7-9-18-36-22-32(23-40-30-15-12-26(33)20-29(30)36)16-10-11-25-19-27(34)13-14-28(25)32/h12-15,19-20,38H,3-11,16-18,21-24H2,1-2H3/t32-,33+/m0/s1. The first-order valence-electron chi connectivity index (χ1n) is 15.2. The Morgan fingerprint density at radius 1 is 1.02 bits per heavy atom. The molecule has 2 aromatic carbocycles. The molecule has 7 heteroatoms. The predicted molar refractivity (Wildman–Crippen MR) is 161 cm³/mol. The van der Waals surface area contributed by atoms with Crippen LogP contribution in [0, 0.1) is 0 Å². The number of nitrogens with zero attached hydrogens (tertiary/aromatic N) is 2. The van der Waals surface area contributed by atoms with Gasteiger partial charge in [-0.15, -0.1) is 0 Å². The number of hydrogen-bond acceptors (Lipinski definition) is 5. The number of amides is 1. The van der Waals surface area contributed by atoms with Gasteiger partial charge in [0.2, 0.25) is 5.91 Å². The van der Waals surface area contributed by atoms with Crippen LogP contribution >= 0.6 is 11.6 Å². The van der Waals surface area contributed by atoms with Crippen LogP contribution in [0.5, 0.6) is 5.75 Å². The maximum atomic E-state index is 13.2. The van der Waals surface area contributed by atoms with Crippen LogP contribution in [0.4, 0.5) is 5.69 Å². The first-order chi connectivity index (χ1) is 19.3. The smallest absolute Gasteiger partial charge is 0.225 e. The van der Waals surface area contributed by atoms with Gasteiger partial charge < -0.3 is 24.4 Å². The van der Waals surface area contributed by atoms with Crippen LogP contribution in [0.15, 0.2) is 36.4 Å². The molecule has 2 aromatic rings. The normalized spacial score (nSPS) is 26.2. The summed E-state index contributed by atoms with van der Waals surface area (Å²) in [6.45, 7) is 5.55. The minimum Gasteiger partial charge on any atom is -0.490 e. The van der Waals surface area contributed by atoms with Gasteiger partial charge in [0.05, 0.1) is 25.3 Å². The van der Waals surface area contributed by atoms with Crippen molar-refractivity contribution in [2.24, 2.45) is 0 Å². The summed E-state index contributed by atoms with van der Waals surface area (Å²) < 4.78 is 12.4. The molecular formula is C33H45ClN2O4. The molecular weight excluding hydrogens is 524 g/mol. The van der Waals surface area contributed by atoms with Gasteiger partial charge in [0.1, 0.15) is 11.4 Å². The van der Waals surface area contributed by atoms with Crippen molar-refractivity contribution in [2.45, 2.75) is 82.1 Å². The van der Waals surface area contributed by atoms with E-state index < -0.39 is 5.60 Å². The molecule has 2 bridgehead atoms. The summed E-state index contributed by atoms with van der Waals surface area (Å²) >= 11 is 6.40. The lowest BCUT2D eigenvalue weighted by atomic mass is 9.70. The number of carbonyl (C=O) groups is 1. The SMILES string of the molecule is CCOC[C@]1(O)CC(=O)N(C)CCCCCCCCN2C[C@@]3(CCCc4cc(Cl)ccc43)COc3ccc1cc32. The van der Waals surface area contributed by atoms with Crippen LogP contribution in [0.2, 0.25) is 5.02 Å². The Labute approximate surface area is 244 Å². The first-order valence-corrected chi connectivity index (χ1v) is 15.6. The van der Waals surface area contributed by atoms with Crippen LogP contribution < -0.4 is 9.64 Å². The molecule has 0 unspecified atom stereocenters. The molecule has 2 heterocycles. The van der Waals surface area contributed by atoms with E-state index in [9.17, 15) is 9.90 Å². The van der Waals surface area contributed by atoms with E-state index in [1.54, 1.807) is 4.90 Å². The van der Waals surface area contributed by atoms with Gasteiger partial charge in [-0.2, -0.15) is 0 Å². The first kappa shape index (κ1) is 29.2. The Bertz CT molecular complexity index is 1190. The molecule has 0 radical (unpaired) electrons. The Kier molecular flexibility index (Phi) is 9.28. The highest BCUT2D eigenvalue weighted by Crippen LogP contribution is 2.45. The third kappa shape index (κ3) is 6.29. The van der Waals surface area contributed by atoms with Gasteiger partial charge in [0, 0.05) is 43.7 Å².